The van der Waals surface area contributed by atoms with E-state index < -0.39 is 21.8 Å². The van der Waals surface area contributed by atoms with Gasteiger partial charge in [0.1, 0.15) is 0 Å². The van der Waals surface area contributed by atoms with Gasteiger partial charge in [-0.3, -0.25) is 4.90 Å². The summed E-state index contributed by atoms with van der Waals surface area (Å²) in [6.07, 6.45) is -1.52. The summed E-state index contributed by atoms with van der Waals surface area (Å²) in [6, 6.07) is 4.38. The third kappa shape index (κ3) is 6.91. The molecule has 1 fully saturated rings. The molecule has 0 aromatic heterocycles. The zero-order valence-electron chi connectivity index (χ0n) is 19.0. The SMILES string of the molecule is CC(C)N(CCOC1CCC(N(C)S(=O)(=O)c2ccc(C(F)(F)F)cc2)CC1)C(C)C. The van der Waals surface area contributed by atoms with E-state index in [1.165, 1.54) is 11.4 Å². The Labute approximate surface area is 184 Å². The van der Waals surface area contributed by atoms with Crippen LogP contribution in [0.4, 0.5) is 13.2 Å². The molecule has 0 amide bonds. The van der Waals surface area contributed by atoms with E-state index in [2.05, 4.69) is 32.6 Å². The standard InChI is InChI=1S/C22H35F3N2O3S/c1-16(2)27(17(3)4)14-15-30-20-10-8-19(9-11-20)26(5)31(28,29)21-12-6-18(7-13-21)22(23,24)25/h6-7,12-13,16-17,19-20H,8-11,14-15H2,1-5H3. The first-order chi connectivity index (χ1) is 14.3. The summed E-state index contributed by atoms with van der Waals surface area (Å²) in [5.41, 5.74) is -0.861. The highest BCUT2D eigenvalue weighted by atomic mass is 32.2. The van der Waals surface area contributed by atoms with Crippen molar-refractivity contribution in [1.29, 1.82) is 0 Å². The lowest BCUT2D eigenvalue weighted by Gasteiger charge is -2.35. The molecule has 0 N–H and O–H groups in total. The van der Waals surface area contributed by atoms with Crippen LogP contribution < -0.4 is 0 Å². The molecule has 9 heteroatoms. The summed E-state index contributed by atoms with van der Waals surface area (Å²) in [7, 11) is -2.35. The number of benzene rings is 1. The molecule has 31 heavy (non-hydrogen) atoms. The van der Waals surface area contributed by atoms with Gasteiger partial charge in [-0.1, -0.05) is 0 Å². The minimum atomic E-state index is -4.49. The third-order valence-corrected chi connectivity index (χ3v) is 7.97. The molecule has 0 unspecified atom stereocenters. The van der Waals surface area contributed by atoms with Gasteiger partial charge in [0, 0.05) is 31.7 Å². The van der Waals surface area contributed by atoms with Crippen LogP contribution in [-0.4, -0.2) is 62.1 Å². The van der Waals surface area contributed by atoms with Gasteiger partial charge in [-0.15, -0.1) is 0 Å². The van der Waals surface area contributed by atoms with Crippen molar-refractivity contribution >= 4 is 10.0 Å². The molecule has 1 saturated carbocycles. The number of sulfonamides is 1. The van der Waals surface area contributed by atoms with Crippen LogP contribution >= 0.6 is 0 Å². The predicted octanol–water partition coefficient (Wildman–Crippen LogP) is 4.77. The summed E-state index contributed by atoms with van der Waals surface area (Å²) < 4.78 is 71.3. The predicted molar refractivity (Wildman–Crippen MR) is 115 cm³/mol. The van der Waals surface area contributed by atoms with Crippen molar-refractivity contribution in [2.24, 2.45) is 0 Å². The molecular formula is C22H35F3N2O3S. The van der Waals surface area contributed by atoms with Crippen molar-refractivity contribution < 1.29 is 26.3 Å². The quantitative estimate of drug-likeness (QED) is 0.528. The van der Waals surface area contributed by atoms with Crippen molar-refractivity contribution in [2.45, 2.75) is 88.7 Å². The van der Waals surface area contributed by atoms with E-state index in [0.29, 0.717) is 31.5 Å². The van der Waals surface area contributed by atoms with Crippen LogP contribution in [-0.2, 0) is 20.9 Å². The molecule has 0 saturated heterocycles. The minimum absolute atomic E-state index is 0.111. The van der Waals surface area contributed by atoms with Crippen molar-refractivity contribution in [3.05, 3.63) is 29.8 Å². The lowest BCUT2D eigenvalue weighted by atomic mass is 9.93. The number of halogens is 3. The maximum absolute atomic E-state index is 12.9. The molecule has 1 aromatic carbocycles. The van der Waals surface area contributed by atoms with Gasteiger partial charge in [0.05, 0.1) is 23.2 Å². The van der Waals surface area contributed by atoms with Crippen LogP contribution in [0, 0.1) is 0 Å². The smallest absolute Gasteiger partial charge is 0.377 e. The Balaban J connectivity index is 1.89. The van der Waals surface area contributed by atoms with Gasteiger partial charge >= 0.3 is 6.18 Å². The van der Waals surface area contributed by atoms with Gasteiger partial charge < -0.3 is 4.74 Å². The van der Waals surface area contributed by atoms with E-state index in [9.17, 15) is 21.6 Å². The fraction of sp³-hybridized carbons (Fsp3) is 0.727. The van der Waals surface area contributed by atoms with Gasteiger partial charge in [0.2, 0.25) is 10.0 Å². The van der Waals surface area contributed by atoms with Crippen molar-refractivity contribution in [3.8, 4) is 0 Å². The summed E-state index contributed by atoms with van der Waals surface area (Å²) >= 11 is 0. The number of ether oxygens (including phenoxy) is 1. The summed E-state index contributed by atoms with van der Waals surface area (Å²) in [5.74, 6) is 0. The molecule has 1 aromatic rings. The van der Waals surface area contributed by atoms with Crippen LogP contribution in [0.3, 0.4) is 0 Å². The Morgan fingerprint density at radius 3 is 1.97 bits per heavy atom. The molecule has 178 valence electrons. The Morgan fingerprint density at radius 2 is 1.52 bits per heavy atom. The molecule has 0 heterocycles. The third-order valence-electron chi connectivity index (χ3n) is 6.05. The fourth-order valence-corrected chi connectivity index (χ4v) is 5.61. The van der Waals surface area contributed by atoms with Gasteiger partial charge in [0.25, 0.3) is 0 Å². The Bertz CT molecular complexity index is 779. The maximum atomic E-state index is 12.9. The van der Waals surface area contributed by atoms with E-state index in [0.717, 1.165) is 43.7 Å². The first-order valence-corrected chi connectivity index (χ1v) is 12.3. The Hall–Kier alpha value is -1.16. The number of hydrogen-bond donors (Lipinski definition) is 0. The van der Waals surface area contributed by atoms with Crippen LogP contribution in [0.15, 0.2) is 29.2 Å². The zero-order chi connectivity index (χ0) is 23.4. The normalized spacial score (nSPS) is 20.9. The van der Waals surface area contributed by atoms with Crippen LogP contribution in [0.25, 0.3) is 0 Å². The second-order valence-electron chi connectivity index (χ2n) is 8.77. The van der Waals surface area contributed by atoms with Gasteiger partial charge in [-0.25, -0.2) is 8.42 Å². The van der Waals surface area contributed by atoms with E-state index in [-0.39, 0.29) is 17.0 Å². The maximum Gasteiger partial charge on any atom is 0.416 e. The molecular weight excluding hydrogens is 429 g/mol. The van der Waals surface area contributed by atoms with Crippen molar-refractivity contribution in [1.82, 2.24) is 9.21 Å². The van der Waals surface area contributed by atoms with Crippen molar-refractivity contribution in [3.63, 3.8) is 0 Å². The highest BCUT2D eigenvalue weighted by Gasteiger charge is 2.34. The highest BCUT2D eigenvalue weighted by molar-refractivity contribution is 7.89. The summed E-state index contributed by atoms with van der Waals surface area (Å²) in [6.45, 7) is 10.2. The minimum Gasteiger partial charge on any atom is -0.377 e. The molecule has 1 aliphatic rings. The Morgan fingerprint density at radius 1 is 1.00 bits per heavy atom. The average Bonchev–Trinajstić information content (AvgIpc) is 2.70. The largest absolute Gasteiger partial charge is 0.416 e. The van der Waals surface area contributed by atoms with Gasteiger partial charge in [-0.2, -0.15) is 17.5 Å². The van der Waals surface area contributed by atoms with Crippen LogP contribution in [0.5, 0.6) is 0 Å². The second kappa shape index (κ2) is 10.6. The number of nitrogens with zero attached hydrogens (tertiary/aromatic N) is 2. The van der Waals surface area contributed by atoms with Crippen LogP contribution in [0.1, 0.15) is 58.9 Å². The second-order valence-corrected chi connectivity index (χ2v) is 10.8. The molecule has 5 nitrogen and oxygen atoms in total. The van der Waals surface area contributed by atoms with Crippen molar-refractivity contribution in [2.75, 3.05) is 20.2 Å². The average molecular weight is 465 g/mol. The number of rotatable bonds is 9. The van der Waals surface area contributed by atoms with Gasteiger partial charge in [0.15, 0.2) is 0 Å². The molecule has 2 rings (SSSR count). The highest BCUT2D eigenvalue weighted by Crippen LogP contribution is 2.32. The fourth-order valence-electron chi connectivity index (χ4n) is 4.19. The molecule has 0 radical (unpaired) electrons. The lowest BCUT2D eigenvalue weighted by molar-refractivity contribution is -0.137. The lowest BCUT2D eigenvalue weighted by Crippen LogP contribution is -2.42. The summed E-state index contributed by atoms with van der Waals surface area (Å²) in [4.78, 5) is 2.25. The number of alkyl halides is 3. The first-order valence-electron chi connectivity index (χ1n) is 10.9. The molecule has 0 atom stereocenters. The van der Waals surface area contributed by atoms with E-state index in [1.54, 1.807) is 0 Å². The first kappa shape index (κ1) is 26.1. The number of hydrogen-bond acceptors (Lipinski definition) is 4. The topological polar surface area (TPSA) is 49.9 Å². The monoisotopic (exact) mass is 464 g/mol. The zero-order valence-corrected chi connectivity index (χ0v) is 19.8. The van der Waals surface area contributed by atoms with Crippen LogP contribution in [0.2, 0.25) is 0 Å². The van der Waals surface area contributed by atoms with E-state index >= 15 is 0 Å². The Kier molecular flexibility index (Phi) is 8.95. The summed E-state index contributed by atoms with van der Waals surface area (Å²) in [5, 5.41) is 0. The molecule has 0 bridgehead atoms. The van der Waals surface area contributed by atoms with Gasteiger partial charge in [-0.05, 0) is 77.6 Å². The van der Waals surface area contributed by atoms with E-state index in [4.69, 9.17) is 4.74 Å². The molecule has 0 aliphatic heterocycles. The van der Waals surface area contributed by atoms with E-state index in [1.807, 2.05) is 0 Å². The molecule has 1 aliphatic carbocycles. The molecule has 0 spiro atoms.